The molecule has 3 atom stereocenters. The number of ether oxygens (including phenoxy) is 2. The van der Waals surface area contributed by atoms with E-state index in [1.165, 1.54) is 0 Å². The Balaban J connectivity index is 2.65. The molecule has 1 aliphatic rings. The SMILES string of the molecule is C=CC[C@H](C)C[C@@H](NC(=O)OC(C)(C)C)[C@H]1CCC(=O)O1. The van der Waals surface area contributed by atoms with E-state index in [0.717, 1.165) is 12.8 Å². The summed E-state index contributed by atoms with van der Waals surface area (Å²) in [5.74, 6) is 0.147. The second-order valence-electron chi connectivity index (χ2n) is 6.68. The first-order valence-corrected chi connectivity index (χ1v) is 7.51. The van der Waals surface area contributed by atoms with Crippen molar-refractivity contribution in [2.45, 2.75) is 71.1 Å². The van der Waals surface area contributed by atoms with Crippen LogP contribution in [-0.4, -0.2) is 29.8 Å². The van der Waals surface area contributed by atoms with Crippen molar-refractivity contribution in [3.05, 3.63) is 12.7 Å². The minimum absolute atomic E-state index is 0.202. The fourth-order valence-electron chi connectivity index (χ4n) is 2.41. The van der Waals surface area contributed by atoms with Gasteiger partial charge in [-0.3, -0.25) is 4.79 Å². The molecule has 1 fully saturated rings. The zero-order chi connectivity index (χ0) is 16.0. The van der Waals surface area contributed by atoms with Crippen LogP contribution >= 0.6 is 0 Å². The summed E-state index contributed by atoms with van der Waals surface area (Å²) in [6, 6.07) is -0.221. The Bertz CT molecular complexity index is 386. The molecule has 0 aromatic heterocycles. The Labute approximate surface area is 127 Å². The first-order chi connectivity index (χ1) is 9.71. The van der Waals surface area contributed by atoms with Crippen molar-refractivity contribution in [3.8, 4) is 0 Å². The molecular formula is C16H27NO4. The van der Waals surface area contributed by atoms with Crippen LogP contribution in [0.5, 0.6) is 0 Å². The van der Waals surface area contributed by atoms with Gasteiger partial charge in [-0.2, -0.15) is 0 Å². The number of cyclic esters (lactones) is 1. The topological polar surface area (TPSA) is 64.6 Å². The van der Waals surface area contributed by atoms with Crippen molar-refractivity contribution in [1.29, 1.82) is 0 Å². The van der Waals surface area contributed by atoms with E-state index in [1.807, 2.05) is 26.8 Å². The fourth-order valence-corrected chi connectivity index (χ4v) is 2.41. The smallest absolute Gasteiger partial charge is 0.408 e. The molecule has 0 spiro atoms. The third-order valence-corrected chi connectivity index (χ3v) is 3.29. The van der Waals surface area contributed by atoms with Crippen LogP contribution in [0.2, 0.25) is 0 Å². The van der Waals surface area contributed by atoms with Crippen LogP contribution in [-0.2, 0) is 14.3 Å². The van der Waals surface area contributed by atoms with Crippen molar-refractivity contribution < 1.29 is 19.1 Å². The first kappa shape index (κ1) is 17.5. The van der Waals surface area contributed by atoms with Gasteiger partial charge in [0.15, 0.2) is 0 Å². The number of alkyl carbamates (subject to hydrolysis) is 1. The maximum Gasteiger partial charge on any atom is 0.408 e. The summed E-state index contributed by atoms with van der Waals surface area (Å²) < 4.78 is 10.6. The molecule has 0 radical (unpaired) electrons. The normalized spacial score (nSPS) is 21.3. The highest BCUT2D eigenvalue weighted by atomic mass is 16.6. The summed E-state index contributed by atoms with van der Waals surface area (Å²) in [6.45, 7) is 11.3. The van der Waals surface area contributed by atoms with E-state index >= 15 is 0 Å². The number of rotatable bonds is 6. The van der Waals surface area contributed by atoms with Crippen LogP contribution in [0.1, 0.15) is 53.4 Å². The Hall–Kier alpha value is -1.52. The van der Waals surface area contributed by atoms with E-state index < -0.39 is 11.7 Å². The van der Waals surface area contributed by atoms with Crippen LogP contribution in [0.15, 0.2) is 12.7 Å². The van der Waals surface area contributed by atoms with Crippen molar-refractivity contribution >= 4 is 12.1 Å². The Morgan fingerprint density at radius 1 is 1.57 bits per heavy atom. The van der Waals surface area contributed by atoms with Crippen molar-refractivity contribution in [1.82, 2.24) is 5.32 Å². The molecule has 0 aromatic rings. The monoisotopic (exact) mass is 297 g/mol. The summed E-state index contributed by atoms with van der Waals surface area (Å²) in [4.78, 5) is 23.3. The Kier molecular flexibility index (Phi) is 6.24. The molecule has 120 valence electrons. The number of hydrogen-bond donors (Lipinski definition) is 1. The number of carbonyl (C=O) groups excluding carboxylic acids is 2. The number of esters is 1. The highest BCUT2D eigenvalue weighted by Crippen LogP contribution is 2.23. The van der Waals surface area contributed by atoms with Gasteiger partial charge in [-0.15, -0.1) is 6.58 Å². The van der Waals surface area contributed by atoms with Gasteiger partial charge in [-0.25, -0.2) is 4.79 Å². The van der Waals surface area contributed by atoms with E-state index in [0.29, 0.717) is 18.8 Å². The first-order valence-electron chi connectivity index (χ1n) is 7.51. The van der Waals surface area contributed by atoms with Crippen LogP contribution < -0.4 is 5.32 Å². The quantitative estimate of drug-likeness (QED) is 0.604. The van der Waals surface area contributed by atoms with Crippen LogP contribution in [0.3, 0.4) is 0 Å². The molecule has 1 rings (SSSR count). The molecule has 0 aromatic carbocycles. The van der Waals surface area contributed by atoms with Gasteiger partial charge >= 0.3 is 12.1 Å². The lowest BCUT2D eigenvalue weighted by atomic mass is 9.94. The third kappa shape index (κ3) is 6.65. The number of nitrogens with one attached hydrogen (secondary N) is 1. The largest absolute Gasteiger partial charge is 0.460 e. The van der Waals surface area contributed by atoms with Gasteiger partial charge in [0.05, 0.1) is 6.04 Å². The number of allylic oxidation sites excluding steroid dienone is 1. The maximum absolute atomic E-state index is 12.0. The van der Waals surface area contributed by atoms with Gasteiger partial charge < -0.3 is 14.8 Å². The van der Waals surface area contributed by atoms with Crippen LogP contribution in [0.25, 0.3) is 0 Å². The Morgan fingerprint density at radius 3 is 2.71 bits per heavy atom. The number of carbonyl (C=O) groups is 2. The van der Waals surface area contributed by atoms with E-state index in [-0.39, 0.29) is 18.1 Å². The molecule has 1 N–H and O–H groups in total. The fraction of sp³-hybridized carbons (Fsp3) is 0.750. The molecule has 1 aliphatic heterocycles. The van der Waals surface area contributed by atoms with E-state index in [4.69, 9.17) is 9.47 Å². The third-order valence-electron chi connectivity index (χ3n) is 3.29. The predicted molar refractivity (Wildman–Crippen MR) is 80.9 cm³/mol. The maximum atomic E-state index is 12.0. The van der Waals surface area contributed by atoms with Gasteiger partial charge in [0.1, 0.15) is 11.7 Å². The van der Waals surface area contributed by atoms with E-state index in [9.17, 15) is 9.59 Å². The molecule has 1 saturated heterocycles. The molecule has 0 bridgehead atoms. The Morgan fingerprint density at radius 2 is 2.24 bits per heavy atom. The lowest BCUT2D eigenvalue weighted by Gasteiger charge is -2.28. The molecular weight excluding hydrogens is 270 g/mol. The second-order valence-corrected chi connectivity index (χ2v) is 6.68. The van der Waals surface area contributed by atoms with Gasteiger partial charge in [0.2, 0.25) is 0 Å². The zero-order valence-corrected chi connectivity index (χ0v) is 13.5. The lowest BCUT2D eigenvalue weighted by Crippen LogP contribution is -2.46. The molecule has 0 aliphatic carbocycles. The molecule has 5 heteroatoms. The van der Waals surface area contributed by atoms with Crippen molar-refractivity contribution in [3.63, 3.8) is 0 Å². The minimum Gasteiger partial charge on any atom is -0.460 e. The highest BCUT2D eigenvalue weighted by Gasteiger charge is 2.33. The summed E-state index contributed by atoms with van der Waals surface area (Å²) in [5, 5.41) is 2.85. The molecule has 5 nitrogen and oxygen atoms in total. The molecule has 0 saturated carbocycles. The van der Waals surface area contributed by atoms with E-state index in [2.05, 4.69) is 18.8 Å². The molecule has 1 amide bonds. The van der Waals surface area contributed by atoms with Gasteiger partial charge in [0, 0.05) is 6.42 Å². The molecule has 1 heterocycles. The standard InChI is InChI=1S/C16H27NO4/c1-6-7-11(2)10-12(13-8-9-14(18)20-13)17-15(19)21-16(3,4)5/h6,11-13H,1,7-10H2,2-5H3,(H,17,19)/t11-,12+,13+/m0/s1. The molecule has 0 unspecified atom stereocenters. The van der Waals surface area contributed by atoms with Gasteiger partial charge in [-0.05, 0) is 46.0 Å². The van der Waals surface area contributed by atoms with Crippen molar-refractivity contribution in [2.24, 2.45) is 5.92 Å². The average molecular weight is 297 g/mol. The summed E-state index contributed by atoms with van der Waals surface area (Å²) >= 11 is 0. The van der Waals surface area contributed by atoms with Crippen molar-refractivity contribution in [2.75, 3.05) is 0 Å². The predicted octanol–water partition coefficient (Wildman–Crippen LogP) is 3.19. The summed E-state index contributed by atoms with van der Waals surface area (Å²) in [7, 11) is 0. The summed E-state index contributed by atoms with van der Waals surface area (Å²) in [5.41, 5.74) is -0.548. The second kappa shape index (κ2) is 7.48. The molecule has 21 heavy (non-hydrogen) atoms. The van der Waals surface area contributed by atoms with Gasteiger partial charge in [-0.1, -0.05) is 13.0 Å². The van der Waals surface area contributed by atoms with Gasteiger partial charge in [0.25, 0.3) is 0 Å². The highest BCUT2D eigenvalue weighted by molar-refractivity contribution is 5.72. The van der Waals surface area contributed by atoms with Crippen LogP contribution in [0, 0.1) is 5.92 Å². The number of hydrogen-bond acceptors (Lipinski definition) is 4. The average Bonchev–Trinajstić information content (AvgIpc) is 2.72. The van der Waals surface area contributed by atoms with Crippen LogP contribution in [0.4, 0.5) is 4.79 Å². The number of amides is 1. The minimum atomic E-state index is -0.548. The summed E-state index contributed by atoms with van der Waals surface area (Å²) in [6.07, 6.45) is 3.75. The zero-order valence-electron chi connectivity index (χ0n) is 13.5. The van der Waals surface area contributed by atoms with E-state index in [1.54, 1.807) is 0 Å². The lowest BCUT2D eigenvalue weighted by molar-refractivity contribution is -0.142.